The van der Waals surface area contributed by atoms with Gasteiger partial charge >= 0.3 is 7.05 Å². The molecule has 1 rings (SSSR count). The first-order valence-electron chi connectivity index (χ1n) is 4.06. The molecular weight excluding hydrogens is 139 g/mol. The summed E-state index contributed by atoms with van der Waals surface area (Å²) in [6, 6.07) is 2.59. The normalized spacial score (nSPS) is 29.9. The number of hydrogen-bond donors (Lipinski definition) is 2. The van der Waals surface area contributed by atoms with Gasteiger partial charge in [-0.2, -0.15) is 5.26 Å². The average molecular weight is 152 g/mol. The van der Waals surface area contributed by atoms with E-state index < -0.39 is 7.05 Å². The average Bonchev–Trinajstić information content (AvgIpc) is 2.34. The molecule has 0 spiro atoms. The summed E-state index contributed by atoms with van der Waals surface area (Å²) in [5.74, 6) is 0.200. The Bertz CT molecular complexity index is 166. The predicted octanol–water partition coefficient (Wildman–Crippen LogP) is 0.379. The topological polar surface area (TPSA) is 56.0 Å². The minimum atomic E-state index is -0.447. The summed E-state index contributed by atoms with van der Waals surface area (Å²) >= 11 is 0. The predicted molar refractivity (Wildman–Crippen MR) is 43.7 cm³/mol. The van der Waals surface area contributed by atoms with Crippen molar-refractivity contribution in [1.29, 1.82) is 5.26 Å². The molecule has 0 heterocycles. The molecule has 60 valence electrons. The highest BCUT2D eigenvalue weighted by molar-refractivity contribution is 6.45. The van der Waals surface area contributed by atoms with Crippen molar-refractivity contribution in [2.75, 3.05) is 0 Å². The van der Waals surface area contributed by atoms with Crippen molar-refractivity contribution in [1.82, 2.24) is 5.23 Å². The SMILES string of the molecule is CB(O)NC1CCC(C#N)C1. The fraction of sp³-hybridized carbons (Fsp3) is 0.857. The molecule has 0 aromatic carbocycles. The Hall–Kier alpha value is -0.525. The first-order valence-corrected chi connectivity index (χ1v) is 4.06. The van der Waals surface area contributed by atoms with Gasteiger partial charge in [-0.3, -0.25) is 0 Å². The second kappa shape index (κ2) is 3.75. The van der Waals surface area contributed by atoms with Gasteiger partial charge in [-0.25, -0.2) is 0 Å². The molecule has 1 aliphatic carbocycles. The van der Waals surface area contributed by atoms with Crippen LogP contribution >= 0.6 is 0 Å². The molecule has 3 nitrogen and oxygen atoms in total. The molecule has 2 N–H and O–H groups in total. The quantitative estimate of drug-likeness (QED) is 0.562. The van der Waals surface area contributed by atoms with Gasteiger partial charge in [0.05, 0.1) is 6.07 Å². The number of nitrogens with zero attached hydrogens (tertiary/aromatic N) is 1. The third kappa shape index (κ3) is 2.53. The summed E-state index contributed by atoms with van der Waals surface area (Å²) in [6.07, 6.45) is 2.88. The Morgan fingerprint density at radius 2 is 2.36 bits per heavy atom. The maximum atomic E-state index is 8.98. The van der Waals surface area contributed by atoms with Crippen molar-refractivity contribution in [3.8, 4) is 6.07 Å². The lowest BCUT2D eigenvalue weighted by Gasteiger charge is -2.11. The molecule has 0 bridgehead atoms. The molecule has 11 heavy (non-hydrogen) atoms. The van der Waals surface area contributed by atoms with Crippen molar-refractivity contribution >= 4 is 7.05 Å². The fourth-order valence-corrected chi connectivity index (χ4v) is 1.59. The molecule has 1 fully saturated rings. The highest BCUT2D eigenvalue weighted by Gasteiger charge is 2.25. The van der Waals surface area contributed by atoms with Crippen molar-refractivity contribution < 1.29 is 5.02 Å². The molecule has 2 unspecified atom stereocenters. The molecule has 0 aliphatic heterocycles. The lowest BCUT2D eigenvalue weighted by atomic mass is 9.87. The van der Waals surface area contributed by atoms with E-state index in [9.17, 15) is 0 Å². The summed E-state index contributed by atoms with van der Waals surface area (Å²) in [6.45, 7) is 1.71. The second-order valence-electron chi connectivity index (χ2n) is 3.18. The lowest BCUT2D eigenvalue weighted by Crippen LogP contribution is -2.38. The third-order valence-corrected chi connectivity index (χ3v) is 2.09. The maximum Gasteiger partial charge on any atom is 0.373 e. The van der Waals surface area contributed by atoms with E-state index in [1.807, 2.05) is 0 Å². The molecule has 0 saturated heterocycles. The van der Waals surface area contributed by atoms with Crippen LogP contribution in [0.15, 0.2) is 0 Å². The molecule has 1 saturated carbocycles. The molecule has 0 aromatic rings. The second-order valence-corrected chi connectivity index (χ2v) is 3.18. The van der Waals surface area contributed by atoms with Gasteiger partial charge in [-0.15, -0.1) is 0 Å². The van der Waals surface area contributed by atoms with Crippen LogP contribution < -0.4 is 5.23 Å². The van der Waals surface area contributed by atoms with Crippen LogP contribution in [0.3, 0.4) is 0 Å². The summed E-state index contributed by atoms with van der Waals surface area (Å²) in [7, 11) is -0.447. The van der Waals surface area contributed by atoms with Crippen molar-refractivity contribution in [2.45, 2.75) is 32.1 Å². The minimum absolute atomic E-state index is 0.200. The van der Waals surface area contributed by atoms with Crippen molar-refractivity contribution in [2.24, 2.45) is 5.92 Å². The number of nitrogens with one attached hydrogen (secondary N) is 1. The first-order chi connectivity index (χ1) is 5.22. The molecule has 0 amide bonds. The van der Waals surface area contributed by atoms with Crippen LogP contribution in [0, 0.1) is 17.2 Å². The van der Waals surface area contributed by atoms with E-state index in [-0.39, 0.29) is 5.92 Å². The van der Waals surface area contributed by atoms with Crippen molar-refractivity contribution in [3.05, 3.63) is 0 Å². The van der Waals surface area contributed by atoms with Crippen LogP contribution in [0.1, 0.15) is 19.3 Å². The summed E-state index contributed by atoms with van der Waals surface area (Å²) in [5, 5.41) is 20.6. The monoisotopic (exact) mass is 152 g/mol. The zero-order valence-electron chi connectivity index (χ0n) is 6.75. The highest BCUT2D eigenvalue weighted by Crippen LogP contribution is 2.24. The van der Waals surface area contributed by atoms with E-state index >= 15 is 0 Å². The van der Waals surface area contributed by atoms with E-state index in [1.54, 1.807) is 6.82 Å². The molecule has 4 heteroatoms. The van der Waals surface area contributed by atoms with Crippen LogP contribution in [0.4, 0.5) is 0 Å². The first kappa shape index (κ1) is 8.57. The van der Waals surface area contributed by atoms with Gasteiger partial charge in [0, 0.05) is 5.92 Å². The Labute approximate surface area is 67.5 Å². The Balaban J connectivity index is 2.26. The number of rotatable bonds is 2. The fourth-order valence-electron chi connectivity index (χ4n) is 1.59. The van der Waals surface area contributed by atoms with E-state index in [4.69, 9.17) is 10.3 Å². The van der Waals surface area contributed by atoms with Crippen LogP contribution in [0.2, 0.25) is 6.82 Å². The number of hydrogen-bond acceptors (Lipinski definition) is 3. The standard InChI is InChI=1S/C7H13BN2O/c1-8(11)10-7-3-2-6(4-7)5-9/h6-7,10-11H,2-4H2,1H3. The summed E-state index contributed by atoms with van der Waals surface area (Å²) in [4.78, 5) is 0. The van der Waals surface area contributed by atoms with Gasteiger partial charge in [-0.1, -0.05) is 0 Å². The van der Waals surface area contributed by atoms with E-state index in [1.165, 1.54) is 0 Å². The van der Waals surface area contributed by atoms with Crippen LogP contribution in [-0.2, 0) is 0 Å². The van der Waals surface area contributed by atoms with Gasteiger partial charge in [0.25, 0.3) is 0 Å². The van der Waals surface area contributed by atoms with Gasteiger partial charge in [0.2, 0.25) is 0 Å². The molecule has 0 radical (unpaired) electrons. The van der Waals surface area contributed by atoms with Crippen molar-refractivity contribution in [3.63, 3.8) is 0 Å². The van der Waals surface area contributed by atoms with Crippen LogP contribution in [-0.4, -0.2) is 18.1 Å². The Morgan fingerprint density at radius 3 is 2.82 bits per heavy atom. The van der Waals surface area contributed by atoms with Gasteiger partial charge < -0.3 is 10.3 Å². The Morgan fingerprint density at radius 1 is 1.64 bits per heavy atom. The van der Waals surface area contributed by atoms with E-state index in [0.29, 0.717) is 6.04 Å². The zero-order chi connectivity index (χ0) is 8.27. The highest BCUT2D eigenvalue weighted by atomic mass is 16.2. The zero-order valence-corrected chi connectivity index (χ0v) is 6.75. The molecular formula is C7H13BN2O. The van der Waals surface area contributed by atoms with Gasteiger partial charge in [-0.05, 0) is 32.1 Å². The number of nitriles is 1. The molecule has 0 aromatic heterocycles. The van der Waals surface area contributed by atoms with E-state index in [2.05, 4.69) is 11.3 Å². The van der Waals surface area contributed by atoms with Gasteiger partial charge in [0.1, 0.15) is 0 Å². The summed E-state index contributed by atoms with van der Waals surface area (Å²) in [5.41, 5.74) is 0. The third-order valence-electron chi connectivity index (χ3n) is 2.09. The smallest absolute Gasteiger partial charge is 0.373 e. The maximum absolute atomic E-state index is 8.98. The Kier molecular flexibility index (Phi) is 2.92. The lowest BCUT2D eigenvalue weighted by molar-refractivity contribution is 0.514. The van der Waals surface area contributed by atoms with Gasteiger partial charge in [0.15, 0.2) is 0 Å². The van der Waals surface area contributed by atoms with Crippen LogP contribution in [0.25, 0.3) is 0 Å². The van der Waals surface area contributed by atoms with Crippen LogP contribution in [0.5, 0.6) is 0 Å². The largest absolute Gasteiger partial charge is 0.437 e. The minimum Gasteiger partial charge on any atom is -0.437 e. The van der Waals surface area contributed by atoms with E-state index in [0.717, 1.165) is 19.3 Å². The molecule has 2 atom stereocenters. The summed E-state index contributed by atoms with van der Waals surface area (Å²) < 4.78 is 0. The molecule has 1 aliphatic rings.